The standard InChI is InChI=1S/C18H15ClN2O4S/c1-25-13-6-2-11(3-7-13)4-9-16(22)21-18(26)20-12-5-8-14(17(23)24)15(19)10-12/h2-10H,1H3,(H,23,24)(H2,20,21,22,26)/b9-4+. The van der Waals surface area contributed by atoms with Crippen molar-refractivity contribution >= 4 is 52.6 Å². The van der Waals surface area contributed by atoms with Crippen LogP contribution in [0.15, 0.2) is 48.5 Å². The third-order valence-corrected chi connectivity index (χ3v) is 3.75. The Balaban J connectivity index is 1.92. The minimum absolute atomic E-state index is 0.0189. The van der Waals surface area contributed by atoms with Crippen LogP contribution in [0.1, 0.15) is 15.9 Å². The number of thiocarbonyl (C=S) groups is 1. The first kappa shape index (κ1) is 19.4. The fraction of sp³-hybridized carbons (Fsp3) is 0.0556. The molecule has 2 rings (SSSR count). The monoisotopic (exact) mass is 390 g/mol. The number of carboxylic acids is 1. The number of nitrogens with one attached hydrogen (secondary N) is 2. The first-order valence-electron chi connectivity index (χ1n) is 7.36. The summed E-state index contributed by atoms with van der Waals surface area (Å²) in [6, 6.07) is 11.5. The van der Waals surface area contributed by atoms with Crippen LogP contribution in [-0.4, -0.2) is 29.2 Å². The van der Waals surface area contributed by atoms with E-state index in [0.29, 0.717) is 5.69 Å². The summed E-state index contributed by atoms with van der Waals surface area (Å²) in [7, 11) is 1.58. The Hall–Kier alpha value is -2.90. The number of benzene rings is 2. The first-order valence-corrected chi connectivity index (χ1v) is 8.14. The molecule has 1 amide bonds. The van der Waals surface area contributed by atoms with Gasteiger partial charge in [-0.05, 0) is 54.2 Å². The quantitative estimate of drug-likeness (QED) is 0.534. The van der Waals surface area contributed by atoms with Crippen LogP contribution in [-0.2, 0) is 4.79 Å². The minimum Gasteiger partial charge on any atom is -0.497 e. The number of carboxylic acid groups (broad SMARTS) is 1. The molecule has 0 aliphatic rings. The SMILES string of the molecule is COc1ccc(/C=C/C(=O)NC(=S)Nc2ccc(C(=O)O)c(Cl)c2)cc1. The molecule has 2 aromatic rings. The molecule has 0 aromatic heterocycles. The number of methoxy groups -OCH3 is 1. The molecule has 0 aliphatic carbocycles. The second-order valence-electron chi connectivity index (χ2n) is 5.05. The molecule has 0 heterocycles. The van der Waals surface area contributed by atoms with E-state index in [0.717, 1.165) is 11.3 Å². The van der Waals surface area contributed by atoms with Gasteiger partial charge in [-0.15, -0.1) is 0 Å². The van der Waals surface area contributed by atoms with Crippen molar-refractivity contribution in [3.05, 3.63) is 64.7 Å². The van der Waals surface area contributed by atoms with Gasteiger partial charge >= 0.3 is 5.97 Å². The van der Waals surface area contributed by atoms with Gasteiger partial charge in [-0.25, -0.2) is 4.79 Å². The van der Waals surface area contributed by atoms with E-state index in [1.807, 2.05) is 12.1 Å². The number of rotatable bonds is 5. The highest BCUT2D eigenvalue weighted by atomic mass is 35.5. The number of halogens is 1. The number of anilines is 1. The lowest BCUT2D eigenvalue weighted by Crippen LogP contribution is -2.32. The van der Waals surface area contributed by atoms with Crippen LogP contribution in [0.3, 0.4) is 0 Å². The number of hydrogen-bond acceptors (Lipinski definition) is 4. The zero-order valence-corrected chi connectivity index (χ0v) is 15.2. The van der Waals surface area contributed by atoms with Gasteiger partial charge in [-0.1, -0.05) is 23.7 Å². The van der Waals surface area contributed by atoms with E-state index in [2.05, 4.69) is 10.6 Å². The fourth-order valence-electron chi connectivity index (χ4n) is 1.97. The third-order valence-electron chi connectivity index (χ3n) is 3.24. The fourth-order valence-corrected chi connectivity index (χ4v) is 2.45. The molecule has 2 aromatic carbocycles. The van der Waals surface area contributed by atoms with Crippen LogP contribution in [0.2, 0.25) is 5.02 Å². The van der Waals surface area contributed by atoms with Gasteiger partial charge < -0.3 is 15.2 Å². The Labute approximate surface area is 160 Å². The summed E-state index contributed by atoms with van der Waals surface area (Å²) in [5.74, 6) is -0.808. The predicted octanol–water partition coefficient (Wildman–Crippen LogP) is 3.57. The molecule has 0 unspecified atom stereocenters. The van der Waals surface area contributed by atoms with E-state index in [9.17, 15) is 9.59 Å². The summed E-state index contributed by atoms with van der Waals surface area (Å²) in [4.78, 5) is 22.8. The van der Waals surface area contributed by atoms with E-state index >= 15 is 0 Å². The summed E-state index contributed by atoms with van der Waals surface area (Å²) < 4.78 is 5.06. The highest BCUT2D eigenvalue weighted by Crippen LogP contribution is 2.21. The molecular weight excluding hydrogens is 376 g/mol. The molecule has 26 heavy (non-hydrogen) atoms. The molecule has 0 bridgehead atoms. The molecule has 0 aliphatic heterocycles. The second-order valence-corrected chi connectivity index (χ2v) is 5.87. The van der Waals surface area contributed by atoms with Gasteiger partial charge in [0.2, 0.25) is 5.91 Å². The van der Waals surface area contributed by atoms with Crippen molar-refractivity contribution in [3.63, 3.8) is 0 Å². The number of aromatic carboxylic acids is 1. The highest BCUT2D eigenvalue weighted by Gasteiger charge is 2.09. The first-order chi connectivity index (χ1) is 12.4. The lowest BCUT2D eigenvalue weighted by atomic mass is 10.2. The Morgan fingerprint density at radius 3 is 2.46 bits per heavy atom. The largest absolute Gasteiger partial charge is 0.497 e. The van der Waals surface area contributed by atoms with Crippen LogP contribution >= 0.6 is 23.8 Å². The number of carbonyl (C=O) groups excluding carboxylic acids is 1. The van der Waals surface area contributed by atoms with Gasteiger partial charge in [0.05, 0.1) is 17.7 Å². The van der Waals surface area contributed by atoms with Crippen LogP contribution in [0, 0.1) is 0 Å². The molecule has 3 N–H and O–H groups in total. The summed E-state index contributed by atoms with van der Waals surface area (Å²) in [5.41, 5.74) is 1.27. The highest BCUT2D eigenvalue weighted by molar-refractivity contribution is 7.80. The molecule has 0 radical (unpaired) electrons. The van der Waals surface area contributed by atoms with E-state index in [1.54, 1.807) is 25.3 Å². The number of amides is 1. The molecule has 0 spiro atoms. The van der Waals surface area contributed by atoms with Gasteiger partial charge in [-0.2, -0.15) is 0 Å². The van der Waals surface area contributed by atoms with Crippen molar-refractivity contribution < 1.29 is 19.4 Å². The average molecular weight is 391 g/mol. The van der Waals surface area contributed by atoms with Gasteiger partial charge in [0.15, 0.2) is 5.11 Å². The van der Waals surface area contributed by atoms with Crippen LogP contribution in [0.5, 0.6) is 5.75 Å². The minimum atomic E-state index is -1.12. The summed E-state index contributed by atoms with van der Waals surface area (Å²) >= 11 is 10.9. The Morgan fingerprint density at radius 1 is 1.19 bits per heavy atom. The van der Waals surface area contributed by atoms with Crippen molar-refractivity contribution in [1.29, 1.82) is 0 Å². The summed E-state index contributed by atoms with van der Waals surface area (Å²) in [6.07, 6.45) is 2.98. The van der Waals surface area contributed by atoms with E-state index in [4.69, 9.17) is 33.7 Å². The van der Waals surface area contributed by atoms with Crippen molar-refractivity contribution in [3.8, 4) is 5.75 Å². The molecule has 0 saturated heterocycles. The molecule has 8 heteroatoms. The maximum absolute atomic E-state index is 11.9. The molecule has 0 fully saturated rings. The maximum Gasteiger partial charge on any atom is 0.337 e. The van der Waals surface area contributed by atoms with E-state index in [1.165, 1.54) is 24.3 Å². The zero-order valence-electron chi connectivity index (χ0n) is 13.7. The Bertz CT molecular complexity index is 866. The molecule has 0 saturated carbocycles. The van der Waals surface area contributed by atoms with Crippen LogP contribution in [0.4, 0.5) is 5.69 Å². The lowest BCUT2D eigenvalue weighted by Gasteiger charge is -2.09. The van der Waals surface area contributed by atoms with Gasteiger partial charge in [0, 0.05) is 11.8 Å². The predicted molar refractivity (Wildman–Crippen MR) is 105 cm³/mol. The number of carbonyl (C=O) groups is 2. The molecular formula is C18H15ClN2O4S. The third kappa shape index (κ3) is 5.58. The summed E-state index contributed by atoms with van der Waals surface area (Å²) in [6.45, 7) is 0. The second kappa shape index (κ2) is 8.98. The Morgan fingerprint density at radius 2 is 1.88 bits per heavy atom. The lowest BCUT2D eigenvalue weighted by molar-refractivity contribution is -0.115. The molecule has 6 nitrogen and oxygen atoms in total. The average Bonchev–Trinajstić information content (AvgIpc) is 2.60. The van der Waals surface area contributed by atoms with Gasteiger partial charge in [0.1, 0.15) is 5.75 Å². The maximum atomic E-state index is 11.9. The van der Waals surface area contributed by atoms with Gasteiger partial charge in [-0.3, -0.25) is 10.1 Å². The van der Waals surface area contributed by atoms with Crippen molar-refractivity contribution in [2.45, 2.75) is 0 Å². The topological polar surface area (TPSA) is 87.7 Å². The van der Waals surface area contributed by atoms with Crippen LogP contribution < -0.4 is 15.4 Å². The van der Waals surface area contributed by atoms with Crippen molar-refractivity contribution in [1.82, 2.24) is 5.32 Å². The molecule has 134 valence electrons. The van der Waals surface area contributed by atoms with E-state index < -0.39 is 11.9 Å². The van der Waals surface area contributed by atoms with Crippen LogP contribution in [0.25, 0.3) is 6.08 Å². The normalized spacial score (nSPS) is 10.4. The molecule has 0 atom stereocenters. The Kier molecular flexibility index (Phi) is 6.71. The number of hydrogen-bond donors (Lipinski definition) is 3. The van der Waals surface area contributed by atoms with E-state index in [-0.39, 0.29) is 15.7 Å². The number of ether oxygens (including phenoxy) is 1. The van der Waals surface area contributed by atoms with Gasteiger partial charge in [0.25, 0.3) is 0 Å². The smallest absolute Gasteiger partial charge is 0.337 e. The van der Waals surface area contributed by atoms with Crippen molar-refractivity contribution in [2.24, 2.45) is 0 Å². The zero-order chi connectivity index (χ0) is 19.1. The summed E-state index contributed by atoms with van der Waals surface area (Å²) in [5, 5.41) is 14.3. The van der Waals surface area contributed by atoms with Crippen molar-refractivity contribution in [2.75, 3.05) is 12.4 Å².